The van der Waals surface area contributed by atoms with Crippen LogP contribution in [0.2, 0.25) is 0 Å². The van der Waals surface area contributed by atoms with Crippen LogP contribution in [0.25, 0.3) is 0 Å². The van der Waals surface area contributed by atoms with Crippen molar-refractivity contribution in [1.82, 2.24) is 0 Å². The van der Waals surface area contributed by atoms with Crippen LogP contribution in [-0.4, -0.2) is 5.71 Å². The Hall–Kier alpha value is -0.330. The number of rotatable bonds is 6. The van der Waals surface area contributed by atoms with Gasteiger partial charge in [-0.1, -0.05) is 46.5 Å². The summed E-state index contributed by atoms with van der Waals surface area (Å²) in [6.45, 7) is 9.00. The standard InChI is InChI=1S/C16H31N/c1-5-7-16(13(4)17)15(6-2)14-10-8-12(3)9-11-14/h12,14-17H,5-11H2,1-4H3. The molecule has 2 unspecified atom stereocenters. The van der Waals surface area contributed by atoms with Gasteiger partial charge in [0, 0.05) is 5.71 Å². The molecule has 2 atom stereocenters. The maximum absolute atomic E-state index is 8.05. The summed E-state index contributed by atoms with van der Waals surface area (Å²) in [4.78, 5) is 0. The summed E-state index contributed by atoms with van der Waals surface area (Å²) in [6.07, 6.45) is 9.36. The predicted molar refractivity (Wildman–Crippen MR) is 76.7 cm³/mol. The first-order valence-electron chi connectivity index (χ1n) is 7.65. The molecule has 1 nitrogen and oxygen atoms in total. The maximum atomic E-state index is 8.05. The van der Waals surface area contributed by atoms with E-state index < -0.39 is 0 Å². The molecule has 0 radical (unpaired) electrons. The Morgan fingerprint density at radius 2 is 1.76 bits per heavy atom. The van der Waals surface area contributed by atoms with Crippen molar-refractivity contribution in [2.24, 2.45) is 23.7 Å². The quantitative estimate of drug-likeness (QED) is 0.607. The van der Waals surface area contributed by atoms with E-state index in [1.165, 1.54) is 44.9 Å². The highest BCUT2D eigenvalue weighted by atomic mass is 14.5. The lowest BCUT2D eigenvalue weighted by Crippen LogP contribution is -2.30. The molecule has 1 rings (SSSR count). The monoisotopic (exact) mass is 237 g/mol. The molecule has 0 saturated heterocycles. The molecule has 1 heteroatoms. The maximum Gasteiger partial charge on any atom is 0.00919 e. The van der Waals surface area contributed by atoms with Crippen molar-refractivity contribution in [3.05, 3.63) is 0 Å². The van der Waals surface area contributed by atoms with E-state index in [4.69, 9.17) is 5.41 Å². The highest BCUT2D eigenvalue weighted by molar-refractivity contribution is 5.81. The number of nitrogens with one attached hydrogen (secondary N) is 1. The van der Waals surface area contributed by atoms with Gasteiger partial charge in [0.05, 0.1) is 0 Å². The van der Waals surface area contributed by atoms with E-state index in [1.54, 1.807) is 0 Å². The molecule has 0 amide bonds. The molecule has 0 aromatic carbocycles. The van der Waals surface area contributed by atoms with Crippen LogP contribution in [0.5, 0.6) is 0 Å². The van der Waals surface area contributed by atoms with E-state index in [1.807, 2.05) is 6.92 Å². The minimum absolute atomic E-state index is 0.559. The molecular weight excluding hydrogens is 206 g/mol. The zero-order valence-electron chi connectivity index (χ0n) is 12.3. The average molecular weight is 237 g/mol. The molecule has 0 bridgehead atoms. The summed E-state index contributed by atoms with van der Waals surface area (Å²) >= 11 is 0. The molecule has 100 valence electrons. The zero-order chi connectivity index (χ0) is 12.8. The third kappa shape index (κ3) is 4.12. The summed E-state index contributed by atoms with van der Waals surface area (Å²) in [5.41, 5.74) is 0.928. The van der Waals surface area contributed by atoms with Crippen molar-refractivity contribution < 1.29 is 0 Å². The fraction of sp³-hybridized carbons (Fsp3) is 0.938. The third-order valence-electron chi connectivity index (χ3n) is 4.81. The van der Waals surface area contributed by atoms with E-state index in [0.29, 0.717) is 5.92 Å². The smallest absolute Gasteiger partial charge is 0.00919 e. The lowest BCUT2D eigenvalue weighted by atomic mass is 9.69. The summed E-state index contributed by atoms with van der Waals surface area (Å²) in [5.74, 6) is 3.17. The van der Waals surface area contributed by atoms with Crippen LogP contribution in [-0.2, 0) is 0 Å². The lowest BCUT2D eigenvalue weighted by Gasteiger charge is -2.37. The highest BCUT2D eigenvalue weighted by Gasteiger charge is 2.31. The minimum atomic E-state index is 0.559. The van der Waals surface area contributed by atoms with Crippen LogP contribution >= 0.6 is 0 Å². The molecule has 0 spiro atoms. The summed E-state index contributed by atoms with van der Waals surface area (Å²) in [7, 11) is 0. The van der Waals surface area contributed by atoms with E-state index in [2.05, 4.69) is 20.8 Å². The van der Waals surface area contributed by atoms with E-state index in [-0.39, 0.29) is 0 Å². The Kier molecular flexibility index (Phi) is 6.22. The van der Waals surface area contributed by atoms with E-state index >= 15 is 0 Å². The number of hydrogen-bond acceptors (Lipinski definition) is 1. The molecule has 1 aliphatic carbocycles. The zero-order valence-corrected chi connectivity index (χ0v) is 12.3. The van der Waals surface area contributed by atoms with Gasteiger partial charge in [-0.05, 0) is 49.9 Å². The second kappa shape index (κ2) is 7.18. The van der Waals surface area contributed by atoms with Gasteiger partial charge in [0.1, 0.15) is 0 Å². The molecular formula is C16H31N. The van der Waals surface area contributed by atoms with Crippen molar-refractivity contribution in [2.45, 2.75) is 72.6 Å². The van der Waals surface area contributed by atoms with Crippen molar-refractivity contribution >= 4 is 5.71 Å². The predicted octanol–water partition coefficient (Wildman–Crippen LogP) is 5.29. The van der Waals surface area contributed by atoms with Crippen LogP contribution in [0.4, 0.5) is 0 Å². The summed E-state index contributed by atoms with van der Waals surface area (Å²) < 4.78 is 0. The van der Waals surface area contributed by atoms with Crippen molar-refractivity contribution in [3.63, 3.8) is 0 Å². The van der Waals surface area contributed by atoms with Crippen LogP contribution in [0.1, 0.15) is 72.6 Å². The Balaban J connectivity index is 2.64. The number of hydrogen-bond donors (Lipinski definition) is 1. The van der Waals surface area contributed by atoms with Crippen LogP contribution in [0, 0.1) is 29.1 Å². The van der Waals surface area contributed by atoms with Gasteiger partial charge in [0.15, 0.2) is 0 Å². The van der Waals surface area contributed by atoms with Gasteiger partial charge in [-0.2, -0.15) is 0 Å². The van der Waals surface area contributed by atoms with Crippen LogP contribution in [0.15, 0.2) is 0 Å². The van der Waals surface area contributed by atoms with Crippen molar-refractivity contribution in [1.29, 1.82) is 5.41 Å². The van der Waals surface area contributed by atoms with Gasteiger partial charge in [-0.3, -0.25) is 0 Å². The molecule has 0 aromatic heterocycles. The Bertz CT molecular complexity index is 226. The molecule has 0 aromatic rings. The van der Waals surface area contributed by atoms with Gasteiger partial charge in [0.25, 0.3) is 0 Å². The fourth-order valence-electron chi connectivity index (χ4n) is 3.72. The van der Waals surface area contributed by atoms with Crippen LogP contribution < -0.4 is 0 Å². The molecule has 17 heavy (non-hydrogen) atoms. The Morgan fingerprint density at radius 1 is 1.18 bits per heavy atom. The molecule has 0 heterocycles. The highest BCUT2D eigenvalue weighted by Crippen LogP contribution is 2.39. The lowest BCUT2D eigenvalue weighted by molar-refractivity contribution is 0.173. The third-order valence-corrected chi connectivity index (χ3v) is 4.81. The summed E-state index contributed by atoms with van der Waals surface area (Å²) in [6, 6.07) is 0. The SMILES string of the molecule is CCCC(C(C)=N)C(CC)C1CCC(C)CC1. The molecule has 0 aliphatic heterocycles. The first kappa shape index (κ1) is 14.7. The normalized spacial score (nSPS) is 28.7. The van der Waals surface area contributed by atoms with Gasteiger partial charge < -0.3 is 5.41 Å². The Labute approximate surface area is 108 Å². The summed E-state index contributed by atoms with van der Waals surface area (Å²) in [5, 5.41) is 8.05. The van der Waals surface area contributed by atoms with Crippen molar-refractivity contribution in [2.75, 3.05) is 0 Å². The minimum Gasteiger partial charge on any atom is -0.310 e. The average Bonchev–Trinajstić information content (AvgIpc) is 2.31. The largest absolute Gasteiger partial charge is 0.310 e. The molecule has 1 saturated carbocycles. The Morgan fingerprint density at radius 3 is 2.18 bits per heavy atom. The van der Waals surface area contributed by atoms with Crippen molar-refractivity contribution in [3.8, 4) is 0 Å². The molecule has 1 fully saturated rings. The topological polar surface area (TPSA) is 23.9 Å². The fourth-order valence-corrected chi connectivity index (χ4v) is 3.72. The second-order valence-electron chi connectivity index (χ2n) is 6.17. The van der Waals surface area contributed by atoms with Gasteiger partial charge >= 0.3 is 0 Å². The van der Waals surface area contributed by atoms with Gasteiger partial charge in [0.2, 0.25) is 0 Å². The van der Waals surface area contributed by atoms with Gasteiger partial charge in [-0.25, -0.2) is 0 Å². The first-order valence-corrected chi connectivity index (χ1v) is 7.65. The van der Waals surface area contributed by atoms with E-state index in [0.717, 1.165) is 23.5 Å². The second-order valence-corrected chi connectivity index (χ2v) is 6.17. The van der Waals surface area contributed by atoms with E-state index in [9.17, 15) is 0 Å². The molecule has 1 N–H and O–H groups in total. The van der Waals surface area contributed by atoms with Crippen LogP contribution in [0.3, 0.4) is 0 Å². The molecule has 1 aliphatic rings. The van der Waals surface area contributed by atoms with Gasteiger partial charge in [-0.15, -0.1) is 0 Å². The first-order chi connectivity index (χ1) is 8.10.